The van der Waals surface area contributed by atoms with Crippen molar-refractivity contribution in [2.24, 2.45) is 0 Å². The van der Waals surface area contributed by atoms with Crippen molar-refractivity contribution >= 4 is 5.97 Å². The summed E-state index contributed by atoms with van der Waals surface area (Å²) in [5.74, 6) is -2.82. The summed E-state index contributed by atoms with van der Waals surface area (Å²) in [6, 6.07) is 7.14. The Labute approximate surface area is 122 Å². The lowest BCUT2D eigenvalue weighted by Crippen LogP contribution is -2.17. The van der Waals surface area contributed by atoms with Crippen molar-refractivity contribution in [2.45, 2.75) is 13.3 Å². The molecule has 0 spiro atoms. The van der Waals surface area contributed by atoms with E-state index in [0.717, 1.165) is 24.3 Å². The first-order chi connectivity index (χ1) is 10.2. The molecule has 0 radical (unpaired) electrons. The molecule has 0 saturated carbocycles. The minimum Gasteiger partial charge on any atom is -0.478 e. The van der Waals surface area contributed by atoms with E-state index < -0.39 is 29.5 Å². The predicted octanol–water partition coefficient (Wildman–Crippen LogP) is 4.40. The van der Waals surface area contributed by atoms with E-state index in [9.17, 15) is 22.4 Å². The number of carboxylic acid groups (broad SMARTS) is 1. The molecular weight excluding hydrogens is 304 g/mol. The van der Waals surface area contributed by atoms with Crippen molar-refractivity contribution in [2.75, 3.05) is 0 Å². The summed E-state index contributed by atoms with van der Waals surface area (Å²) in [5, 5.41) is 8.84. The Kier molecular flexibility index (Phi) is 4.07. The highest BCUT2D eigenvalue weighted by molar-refractivity contribution is 5.89. The summed E-state index contributed by atoms with van der Waals surface area (Å²) in [6.07, 6.45) is -4.83. The first-order valence-corrected chi connectivity index (χ1v) is 6.07. The normalized spacial score (nSPS) is 11.3. The summed E-state index contributed by atoms with van der Waals surface area (Å²) in [6.45, 7) is 1.54. The van der Waals surface area contributed by atoms with Crippen molar-refractivity contribution in [3.63, 3.8) is 0 Å². The second-order valence-corrected chi connectivity index (χ2v) is 4.53. The topological polar surface area (TPSA) is 46.5 Å². The Morgan fingerprint density at radius 3 is 2.45 bits per heavy atom. The maximum absolute atomic E-state index is 13.7. The van der Waals surface area contributed by atoms with Crippen LogP contribution in [0.15, 0.2) is 36.4 Å². The van der Waals surface area contributed by atoms with Crippen molar-refractivity contribution in [1.82, 2.24) is 0 Å². The number of halogens is 4. The summed E-state index contributed by atoms with van der Waals surface area (Å²) in [5.41, 5.74) is 0.497. The van der Waals surface area contributed by atoms with Gasteiger partial charge in [0.2, 0.25) is 0 Å². The van der Waals surface area contributed by atoms with E-state index >= 15 is 0 Å². The minimum atomic E-state index is -4.83. The van der Waals surface area contributed by atoms with Gasteiger partial charge in [-0.15, -0.1) is 13.2 Å². The monoisotopic (exact) mass is 314 g/mol. The molecule has 2 rings (SSSR count). The maximum atomic E-state index is 13.7. The molecule has 0 aliphatic rings. The van der Waals surface area contributed by atoms with Gasteiger partial charge in [0.25, 0.3) is 0 Å². The molecule has 116 valence electrons. The molecule has 0 aliphatic heterocycles. The molecule has 0 saturated heterocycles. The average Bonchev–Trinajstić information content (AvgIpc) is 2.39. The first-order valence-electron chi connectivity index (χ1n) is 6.07. The third-order valence-electron chi connectivity index (χ3n) is 2.92. The molecule has 1 N–H and O–H groups in total. The van der Waals surface area contributed by atoms with Gasteiger partial charge >= 0.3 is 12.3 Å². The highest BCUT2D eigenvalue weighted by Gasteiger charge is 2.31. The van der Waals surface area contributed by atoms with E-state index in [-0.39, 0.29) is 11.1 Å². The van der Waals surface area contributed by atoms with Crippen molar-refractivity contribution in [3.8, 4) is 16.9 Å². The molecule has 22 heavy (non-hydrogen) atoms. The SMILES string of the molecule is Cc1cc(C(=O)O)c(F)cc1-c1cccc(OC(F)(F)F)c1. The lowest BCUT2D eigenvalue weighted by molar-refractivity contribution is -0.274. The highest BCUT2D eigenvalue weighted by atomic mass is 19.4. The Bertz CT molecular complexity index is 723. The molecule has 0 aromatic heterocycles. The van der Waals surface area contributed by atoms with E-state index in [1.165, 1.54) is 12.1 Å². The molecule has 0 bridgehead atoms. The summed E-state index contributed by atoms with van der Waals surface area (Å²) >= 11 is 0. The Morgan fingerprint density at radius 2 is 1.86 bits per heavy atom. The molecule has 0 heterocycles. The maximum Gasteiger partial charge on any atom is 0.573 e. The fourth-order valence-electron chi connectivity index (χ4n) is 2.02. The van der Waals surface area contributed by atoms with E-state index in [1.54, 1.807) is 6.92 Å². The smallest absolute Gasteiger partial charge is 0.478 e. The highest BCUT2D eigenvalue weighted by Crippen LogP contribution is 2.31. The molecule has 0 atom stereocenters. The molecule has 0 unspecified atom stereocenters. The van der Waals surface area contributed by atoms with Crippen LogP contribution in [0.25, 0.3) is 11.1 Å². The zero-order valence-electron chi connectivity index (χ0n) is 11.2. The average molecular weight is 314 g/mol. The second-order valence-electron chi connectivity index (χ2n) is 4.53. The van der Waals surface area contributed by atoms with E-state index in [1.807, 2.05) is 0 Å². The molecule has 0 fully saturated rings. The second kappa shape index (κ2) is 5.67. The van der Waals surface area contributed by atoms with Gasteiger partial charge in [0, 0.05) is 0 Å². The number of ether oxygens (including phenoxy) is 1. The van der Waals surface area contributed by atoms with Gasteiger partial charge in [0.15, 0.2) is 0 Å². The van der Waals surface area contributed by atoms with Crippen LogP contribution < -0.4 is 4.74 Å². The van der Waals surface area contributed by atoms with Gasteiger partial charge in [-0.3, -0.25) is 0 Å². The fourth-order valence-corrected chi connectivity index (χ4v) is 2.02. The van der Waals surface area contributed by atoms with Crippen LogP contribution in [-0.4, -0.2) is 17.4 Å². The van der Waals surface area contributed by atoms with Gasteiger partial charge in [-0.2, -0.15) is 0 Å². The van der Waals surface area contributed by atoms with Gasteiger partial charge in [0.1, 0.15) is 11.6 Å². The van der Waals surface area contributed by atoms with Crippen LogP contribution in [0.1, 0.15) is 15.9 Å². The summed E-state index contributed by atoms with van der Waals surface area (Å²) in [4.78, 5) is 10.8. The van der Waals surface area contributed by atoms with Crippen LogP contribution in [0, 0.1) is 12.7 Å². The third-order valence-corrected chi connectivity index (χ3v) is 2.92. The molecule has 7 heteroatoms. The van der Waals surface area contributed by atoms with E-state index in [0.29, 0.717) is 5.56 Å². The Hall–Kier alpha value is -2.57. The number of aryl methyl sites for hydroxylation is 1. The molecule has 3 nitrogen and oxygen atoms in total. The number of carbonyl (C=O) groups is 1. The molecule has 0 amide bonds. The van der Waals surface area contributed by atoms with Crippen LogP contribution in [-0.2, 0) is 0 Å². The van der Waals surface area contributed by atoms with Gasteiger partial charge < -0.3 is 9.84 Å². The van der Waals surface area contributed by atoms with Gasteiger partial charge in [-0.25, -0.2) is 9.18 Å². The number of alkyl halides is 3. The standard InChI is InChI=1S/C15H10F4O3/c1-8-5-12(14(20)21)13(16)7-11(8)9-3-2-4-10(6-9)22-15(17,18)19/h2-7H,1H3,(H,20,21). The Balaban J connectivity index is 2.46. The first kappa shape index (κ1) is 15.8. The molecule has 2 aromatic carbocycles. The molecule has 0 aliphatic carbocycles. The van der Waals surface area contributed by atoms with Crippen LogP contribution in [0.4, 0.5) is 17.6 Å². The number of hydrogen-bond donors (Lipinski definition) is 1. The Morgan fingerprint density at radius 1 is 1.18 bits per heavy atom. The largest absolute Gasteiger partial charge is 0.573 e. The van der Waals surface area contributed by atoms with Gasteiger partial charge in [-0.05, 0) is 47.9 Å². The number of rotatable bonds is 3. The van der Waals surface area contributed by atoms with Crippen molar-refractivity contribution in [3.05, 3.63) is 53.3 Å². The lowest BCUT2D eigenvalue weighted by Gasteiger charge is -2.12. The predicted molar refractivity (Wildman–Crippen MR) is 70.2 cm³/mol. The van der Waals surface area contributed by atoms with Crippen molar-refractivity contribution < 1.29 is 32.2 Å². The number of carboxylic acids is 1. The van der Waals surface area contributed by atoms with E-state index in [4.69, 9.17) is 5.11 Å². The zero-order valence-corrected chi connectivity index (χ0v) is 11.2. The molecular formula is C15H10F4O3. The van der Waals surface area contributed by atoms with Gasteiger partial charge in [-0.1, -0.05) is 12.1 Å². The third kappa shape index (κ3) is 3.55. The minimum absolute atomic E-state index is 0.287. The molecule has 2 aromatic rings. The van der Waals surface area contributed by atoms with Crippen LogP contribution in [0.5, 0.6) is 5.75 Å². The summed E-state index contributed by atoms with van der Waals surface area (Å²) in [7, 11) is 0. The number of hydrogen-bond acceptors (Lipinski definition) is 2. The zero-order chi connectivity index (χ0) is 16.5. The van der Waals surface area contributed by atoms with E-state index in [2.05, 4.69) is 4.74 Å². The quantitative estimate of drug-likeness (QED) is 0.854. The lowest BCUT2D eigenvalue weighted by atomic mass is 9.98. The fraction of sp³-hybridized carbons (Fsp3) is 0.133. The summed E-state index contributed by atoms with van der Waals surface area (Å²) < 4.78 is 54.2. The van der Waals surface area contributed by atoms with Gasteiger partial charge in [0.05, 0.1) is 5.56 Å². The van der Waals surface area contributed by atoms with Crippen LogP contribution >= 0.6 is 0 Å². The van der Waals surface area contributed by atoms with Crippen LogP contribution in [0.3, 0.4) is 0 Å². The van der Waals surface area contributed by atoms with Crippen LogP contribution in [0.2, 0.25) is 0 Å². The number of aromatic carboxylic acids is 1. The number of benzene rings is 2. The van der Waals surface area contributed by atoms with Crippen molar-refractivity contribution in [1.29, 1.82) is 0 Å².